The largest absolute Gasteiger partial charge is 0.503 e. The normalized spacial score (nSPS) is 10.2. The molecular weight excluding hydrogens is 237 g/mol. The first-order chi connectivity index (χ1) is 8.06. The molecule has 0 radical (unpaired) electrons. The number of benzene rings is 1. The Morgan fingerprint density at radius 1 is 1.29 bits per heavy atom. The van der Waals surface area contributed by atoms with Gasteiger partial charge in [-0.1, -0.05) is 5.16 Å². The second-order valence-electron chi connectivity index (χ2n) is 3.06. The second-order valence-corrected chi connectivity index (χ2v) is 3.06. The Morgan fingerprint density at radius 2 is 2.00 bits per heavy atom. The summed E-state index contributed by atoms with van der Waals surface area (Å²) in [5.74, 6) is -6.43. The van der Waals surface area contributed by atoms with Gasteiger partial charge >= 0.3 is 0 Å². The van der Waals surface area contributed by atoms with Gasteiger partial charge in [0.1, 0.15) is 11.6 Å². The van der Waals surface area contributed by atoms with E-state index in [0.717, 1.165) is 6.20 Å². The molecule has 2 rings (SSSR count). The molecule has 1 heterocycles. The third-order valence-electron chi connectivity index (χ3n) is 2.07. The summed E-state index contributed by atoms with van der Waals surface area (Å²) >= 11 is 0. The summed E-state index contributed by atoms with van der Waals surface area (Å²) in [5.41, 5.74) is -0.732. The number of hydrogen-bond donors (Lipinski definition) is 1. The van der Waals surface area contributed by atoms with Crippen molar-refractivity contribution in [1.29, 1.82) is 5.26 Å². The summed E-state index contributed by atoms with van der Waals surface area (Å²) in [7, 11) is 0. The molecule has 7 heteroatoms. The third kappa shape index (κ3) is 1.59. The first-order valence-corrected chi connectivity index (χ1v) is 4.28. The van der Waals surface area contributed by atoms with Crippen molar-refractivity contribution in [3.8, 4) is 23.1 Å². The Bertz CT molecular complexity index is 631. The van der Waals surface area contributed by atoms with Crippen molar-refractivity contribution in [3.05, 3.63) is 35.3 Å². The molecule has 0 aliphatic heterocycles. The number of hydrogen-bond acceptors (Lipinski definition) is 4. The van der Waals surface area contributed by atoms with E-state index in [2.05, 4.69) is 9.68 Å². The van der Waals surface area contributed by atoms with E-state index in [1.165, 1.54) is 0 Å². The average Bonchev–Trinajstić information content (AvgIpc) is 2.79. The highest BCUT2D eigenvalue weighted by atomic mass is 19.2. The summed E-state index contributed by atoms with van der Waals surface area (Å²) in [6.07, 6.45) is 0.993. The van der Waals surface area contributed by atoms with Crippen molar-refractivity contribution < 1.29 is 22.8 Å². The van der Waals surface area contributed by atoms with Crippen LogP contribution in [0, 0.1) is 28.8 Å². The van der Waals surface area contributed by atoms with Gasteiger partial charge in [0.2, 0.25) is 5.82 Å². The van der Waals surface area contributed by atoms with Crippen LogP contribution < -0.4 is 0 Å². The maximum absolute atomic E-state index is 13.5. The van der Waals surface area contributed by atoms with Crippen molar-refractivity contribution >= 4 is 0 Å². The van der Waals surface area contributed by atoms with Gasteiger partial charge in [-0.25, -0.2) is 8.78 Å². The van der Waals surface area contributed by atoms with Crippen LogP contribution in [0.15, 0.2) is 16.8 Å². The maximum Gasteiger partial charge on any atom is 0.203 e. The Balaban J connectivity index is 2.74. The molecule has 1 N–H and O–H groups in total. The zero-order valence-corrected chi connectivity index (χ0v) is 8.04. The molecule has 1 aromatic carbocycles. The lowest BCUT2D eigenvalue weighted by Gasteiger charge is -2.03. The minimum atomic E-state index is -1.70. The highest BCUT2D eigenvalue weighted by Crippen LogP contribution is 2.33. The molecule has 17 heavy (non-hydrogen) atoms. The van der Waals surface area contributed by atoms with Crippen LogP contribution in [-0.2, 0) is 0 Å². The minimum Gasteiger partial charge on any atom is -0.503 e. The van der Waals surface area contributed by atoms with Crippen LogP contribution in [0.5, 0.6) is 5.75 Å². The van der Waals surface area contributed by atoms with E-state index >= 15 is 0 Å². The van der Waals surface area contributed by atoms with E-state index in [1.54, 1.807) is 6.07 Å². The molecule has 0 atom stereocenters. The number of nitriles is 1. The molecule has 0 fully saturated rings. The number of aromatic nitrogens is 1. The fourth-order valence-corrected chi connectivity index (χ4v) is 1.27. The minimum absolute atomic E-state index is 0.158. The van der Waals surface area contributed by atoms with E-state index in [0.29, 0.717) is 6.07 Å². The summed E-state index contributed by atoms with van der Waals surface area (Å²) in [6.45, 7) is 0. The van der Waals surface area contributed by atoms with Crippen molar-refractivity contribution in [2.24, 2.45) is 0 Å². The molecule has 4 nitrogen and oxygen atoms in total. The summed E-state index contributed by atoms with van der Waals surface area (Å²) in [6, 6.07) is 2.11. The van der Waals surface area contributed by atoms with Crippen LogP contribution in [0.2, 0.25) is 0 Å². The van der Waals surface area contributed by atoms with Crippen molar-refractivity contribution in [3.63, 3.8) is 0 Å². The summed E-state index contributed by atoms with van der Waals surface area (Å²) < 4.78 is 43.8. The Labute approximate surface area is 92.5 Å². The monoisotopic (exact) mass is 240 g/mol. The number of rotatable bonds is 1. The van der Waals surface area contributed by atoms with Crippen LogP contribution in [-0.4, -0.2) is 10.3 Å². The van der Waals surface area contributed by atoms with Crippen LogP contribution in [0.3, 0.4) is 0 Å². The molecule has 1 aromatic heterocycles. The molecule has 86 valence electrons. The van der Waals surface area contributed by atoms with Gasteiger partial charge < -0.3 is 9.63 Å². The molecule has 2 aromatic rings. The first kappa shape index (κ1) is 11.0. The molecule has 0 spiro atoms. The van der Waals surface area contributed by atoms with E-state index < -0.39 is 28.8 Å². The highest BCUT2D eigenvalue weighted by Gasteiger charge is 2.23. The number of nitrogens with zero attached hydrogens (tertiary/aromatic N) is 2. The lowest BCUT2D eigenvalue weighted by atomic mass is 10.1. The zero-order chi connectivity index (χ0) is 12.6. The standard InChI is InChI=1S/C10H3F3N2O2/c11-6-1-5(7(12)9(16)8(6)13)10-4(2-14)3-15-17-10/h1,3,16H. The molecule has 0 saturated heterocycles. The number of halogens is 3. The highest BCUT2D eigenvalue weighted by molar-refractivity contribution is 5.66. The van der Waals surface area contributed by atoms with E-state index in [4.69, 9.17) is 10.4 Å². The predicted octanol–water partition coefficient (Wildman–Crippen LogP) is 2.34. The van der Waals surface area contributed by atoms with Crippen LogP contribution in [0.1, 0.15) is 5.56 Å². The van der Waals surface area contributed by atoms with Crippen LogP contribution in [0.4, 0.5) is 13.2 Å². The van der Waals surface area contributed by atoms with E-state index in [9.17, 15) is 13.2 Å². The van der Waals surface area contributed by atoms with E-state index in [1.807, 2.05) is 0 Å². The van der Waals surface area contributed by atoms with Gasteiger partial charge in [-0.2, -0.15) is 9.65 Å². The fourth-order valence-electron chi connectivity index (χ4n) is 1.27. The van der Waals surface area contributed by atoms with Crippen molar-refractivity contribution in [2.45, 2.75) is 0 Å². The fraction of sp³-hybridized carbons (Fsp3) is 0. The van der Waals surface area contributed by atoms with Gasteiger partial charge in [0, 0.05) is 0 Å². The van der Waals surface area contributed by atoms with Gasteiger partial charge in [-0.15, -0.1) is 0 Å². The summed E-state index contributed by atoms with van der Waals surface area (Å²) in [4.78, 5) is 0. The van der Waals surface area contributed by atoms with Crippen LogP contribution >= 0.6 is 0 Å². The van der Waals surface area contributed by atoms with Gasteiger partial charge in [-0.3, -0.25) is 0 Å². The first-order valence-electron chi connectivity index (χ1n) is 4.28. The topological polar surface area (TPSA) is 70.0 Å². The van der Waals surface area contributed by atoms with Crippen molar-refractivity contribution in [2.75, 3.05) is 0 Å². The number of aromatic hydroxyl groups is 1. The quantitative estimate of drug-likeness (QED) is 0.776. The summed E-state index contributed by atoms with van der Waals surface area (Å²) in [5, 5.41) is 20.9. The van der Waals surface area contributed by atoms with Crippen molar-refractivity contribution in [1.82, 2.24) is 5.16 Å². The molecule has 0 amide bonds. The Hall–Kier alpha value is -2.49. The van der Waals surface area contributed by atoms with Crippen LogP contribution in [0.25, 0.3) is 11.3 Å². The van der Waals surface area contributed by atoms with Gasteiger partial charge in [0.05, 0.1) is 11.8 Å². The Morgan fingerprint density at radius 3 is 2.65 bits per heavy atom. The van der Waals surface area contributed by atoms with Gasteiger partial charge in [-0.05, 0) is 6.07 Å². The van der Waals surface area contributed by atoms with E-state index in [-0.39, 0.29) is 11.3 Å². The predicted molar refractivity (Wildman–Crippen MR) is 48.2 cm³/mol. The SMILES string of the molecule is N#Cc1cnoc1-c1cc(F)c(F)c(O)c1F. The molecule has 0 aliphatic carbocycles. The molecular formula is C10H3F3N2O2. The smallest absolute Gasteiger partial charge is 0.203 e. The molecule has 0 aliphatic rings. The van der Waals surface area contributed by atoms with Gasteiger partial charge in [0.15, 0.2) is 23.1 Å². The number of phenolic OH excluding ortho intramolecular Hbond substituents is 1. The molecule has 0 bridgehead atoms. The number of phenols is 1. The lowest BCUT2D eigenvalue weighted by molar-refractivity contribution is 0.374. The lowest BCUT2D eigenvalue weighted by Crippen LogP contribution is -1.93. The molecule has 0 saturated carbocycles. The zero-order valence-electron chi connectivity index (χ0n) is 8.04. The third-order valence-corrected chi connectivity index (χ3v) is 2.07. The Kier molecular flexibility index (Phi) is 2.48. The maximum atomic E-state index is 13.5. The average molecular weight is 240 g/mol. The second kappa shape index (κ2) is 3.83. The van der Waals surface area contributed by atoms with Gasteiger partial charge in [0.25, 0.3) is 0 Å². The molecule has 0 unspecified atom stereocenters.